The van der Waals surface area contributed by atoms with E-state index in [0.29, 0.717) is 13.1 Å². The lowest BCUT2D eigenvalue weighted by molar-refractivity contribution is -0.132. The molecule has 1 aliphatic rings. The summed E-state index contributed by atoms with van der Waals surface area (Å²) in [7, 11) is 0. The van der Waals surface area contributed by atoms with Crippen LogP contribution in [0.15, 0.2) is 6.20 Å². The van der Waals surface area contributed by atoms with Crippen molar-refractivity contribution >= 4 is 53.1 Å². The highest BCUT2D eigenvalue weighted by Gasteiger charge is 2.22. The van der Waals surface area contributed by atoms with Crippen LogP contribution in [-0.2, 0) is 16.0 Å². The summed E-state index contributed by atoms with van der Waals surface area (Å²) in [6.45, 7) is 4.89. The van der Waals surface area contributed by atoms with E-state index in [1.54, 1.807) is 16.2 Å². The van der Waals surface area contributed by atoms with Gasteiger partial charge in [0.25, 0.3) is 0 Å². The van der Waals surface area contributed by atoms with Crippen molar-refractivity contribution in [2.45, 2.75) is 13.3 Å². The fourth-order valence-electron chi connectivity index (χ4n) is 2.11. The summed E-state index contributed by atoms with van der Waals surface area (Å²) in [4.78, 5) is 32.7. The van der Waals surface area contributed by atoms with Crippen molar-refractivity contribution in [3.8, 4) is 0 Å². The molecular formula is C13H23Cl2N5O2S. The number of hydrogen-bond donors (Lipinski definition) is 2. The van der Waals surface area contributed by atoms with Crippen molar-refractivity contribution in [1.29, 1.82) is 0 Å². The summed E-state index contributed by atoms with van der Waals surface area (Å²) in [5.41, 5.74) is 5.18. The molecule has 132 valence electrons. The molecule has 0 atom stereocenters. The van der Waals surface area contributed by atoms with Gasteiger partial charge in [0.05, 0.1) is 13.1 Å². The molecular weight excluding hydrogens is 361 g/mol. The zero-order valence-corrected chi connectivity index (χ0v) is 15.4. The van der Waals surface area contributed by atoms with Crippen LogP contribution >= 0.6 is 36.2 Å². The summed E-state index contributed by atoms with van der Waals surface area (Å²) >= 11 is 1.71. The number of piperazine rings is 1. The van der Waals surface area contributed by atoms with Crippen LogP contribution in [-0.4, -0.2) is 61.0 Å². The van der Waals surface area contributed by atoms with E-state index in [2.05, 4.69) is 22.1 Å². The van der Waals surface area contributed by atoms with E-state index in [4.69, 9.17) is 5.73 Å². The number of thiazole rings is 1. The number of anilines is 1. The average molecular weight is 384 g/mol. The Morgan fingerprint density at radius 2 is 1.96 bits per heavy atom. The Hall–Kier alpha value is -1.09. The van der Waals surface area contributed by atoms with Crippen molar-refractivity contribution in [1.82, 2.24) is 15.2 Å². The van der Waals surface area contributed by atoms with Crippen LogP contribution < -0.4 is 16.0 Å². The van der Waals surface area contributed by atoms with Crippen LogP contribution in [0.1, 0.15) is 11.8 Å². The Morgan fingerprint density at radius 1 is 1.30 bits per heavy atom. The molecule has 2 rings (SSSR count). The normalized spacial score (nSPS) is 13.8. The van der Waals surface area contributed by atoms with E-state index in [0.717, 1.165) is 24.6 Å². The van der Waals surface area contributed by atoms with Gasteiger partial charge in [-0.25, -0.2) is 4.98 Å². The topological polar surface area (TPSA) is 91.6 Å². The van der Waals surface area contributed by atoms with Gasteiger partial charge in [-0.05, 0) is 6.42 Å². The molecule has 0 aromatic carbocycles. The van der Waals surface area contributed by atoms with Gasteiger partial charge in [0.15, 0.2) is 5.13 Å². The van der Waals surface area contributed by atoms with Crippen LogP contribution in [0.25, 0.3) is 0 Å². The maximum absolute atomic E-state index is 12.0. The van der Waals surface area contributed by atoms with Crippen LogP contribution in [0, 0.1) is 0 Å². The lowest BCUT2D eigenvalue weighted by Crippen LogP contribution is -2.51. The summed E-state index contributed by atoms with van der Waals surface area (Å²) in [5, 5.41) is 3.53. The van der Waals surface area contributed by atoms with Gasteiger partial charge in [-0.3, -0.25) is 9.59 Å². The molecule has 1 aromatic heterocycles. The number of halogens is 2. The predicted molar refractivity (Wildman–Crippen MR) is 96.8 cm³/mol. The highest BCUT2D eigenvalue weighted by molar-refractivity contribution is 7.15. The molecule has 1 saturated heterocycles. The van der Waals surface area contributed by atoms with Gasteiger partial charge in [-0.2, -0.15) is 0 Å². The largest absolute Gasteiger partial charge is 0.346 e. The number of aromatic nitrogens is 1. The van der Waals surface area contributed by atoms with Crippen molar-refractivity contribution in [2.75, 3.05) is 44.2 Å². The van der Waals surface area contributed by atoms with Gasteiger partial charge in [-0.1, -0.05) is 6.92 Å². The number of nitrogens with two attached hydrogens (primary N) is 1. The number of carbonyl (C=O) groups excluding carboxylic acids is 2. The van der Waals surface area contributed by atoms with Gasteiger partial charge in [0, 0.05) is 37.3 Å². The minimum Gasteiger partial charge on any atom is -0.346 e. The van der Waals surface area contributed by atoms with Gasteiger partial charge >= 0.3 is 0 Å². The maximum Gasteiger partial charge on any atom is 0.242 e. The molecule has 23 heavy (non-hydrogen) atoms. The van der Waals surface area contributed by atoms with Crippen LogP contribution in [0.5, 0.6) is 0 Å². The van der Waals surface area contributed by atoms with Gasteiger partial charge in [0.2, 0.25) is 11.8 Å². The molecule has 0 spiro atoms. The zero-order valence-electron chi connectivity index (χ0n) is 13.0. The fourth-order valence-corrected chi connectivity index (χ4v) is 3.01. The molecule has 2 heterocycles. The van der Waals surface area contributed by atoms with Crippen molar-refractivity contribution in [2.24, 2.45) is 5.73 Å². The zero-order chi connectivity index (χ0) is 15.2. The molecule has 1 aliphatic heterocycles. The van der Waals surface area contributed by atoms with Crippen LogP contribution in [0.3, 0.4) is 0 Å². The fraction of sp³-hybridized carbons (Fsp3) is 0.615. The Bertz CT molecular complexity index is 506. The Balaban J connectivity index is 0.00000242. The minimum absolute atomic E-state index is 0. The third kappa shape index (κ3) is 6.14. The Kier molecular flexibility index (Phi) is 10.1. The number of aryl methyl sites for hydroxylation is 1. The molecule has 0 radical (unpaired) electrons. The molecule has 0 unspecified atom stereocenters. The molecule has 2 amide bonds. The van der Waals surface area contributed by atoms with E-state index in [1.165, 1.54) is 4.88 Å². The van der Waals surface area contributed by atoms with E-state index in [-0.39, 0.29) is 49.7 Å². The number of amides is 2. The smallest absolute Gasteiger partial charge is 0.242 e. The summed E-state index contributed by atoms with van der Waals surface area (Å²) in [6, 6.07) is 0. The second kappa shape index (κ2) is 10.6. The quantitative estimate of drug-likeness (QED) is 0.761. The van der Waals surface area contributed by atoms with Crippen LogP contribution in [0.2, 0.25) is 0 Å². The van der Waals surface area contributed by atoms with Crippen LogP contribution in [0.4, 0.5) is 5.13 Å². The minimum atomic E-state index is -0.308. The SMILES string of the molecule is CCc1cnc(N2CCN(C(=O)CNC(=O)CN)CC2)s1.Cl.Cl. The first-order chi connectivity index (χ1) is 10.1. The van der Waals surface area contributed by atoms with Gasteiger partial charge in [0.1, 0.15) is 0 Å². The highest BCUT2D eigenvalue weighted by Crippen LogP contribution is 2.23. The molecule has 7 nitrogen and oxygen atoms in total. The number of hydrogen-bond acceptors (Lipinski definition) is 6. The summed E-state index contributed by atoms with van der Waals surface area (Å²) in [6.07, 6.45) is 2.91. The molecule has 3 N–H and O–H groups in total. The first-order valence-corrected chi connectivity index (χ1v) is 7.90. The number of rotatable bonds is 5. The second-order valence-corrected chi connectivity index (χ2v) is 5.91. The third-order valence-electron chi connectivity index (χ3n) is 3.41. The molecule has 0 aliphatic carbocycles. The lowest BCUT2D eigenvalue weighted by atomic mass is 10.3. The number of nitrogens with zero attached hydrogens (tertiary/aromatic N) is 3. The van der Waals surface area contributed by atoms with Crippen molar-refractivity contribution < 1.29 is 9.59 Å². The van der Waals surface area contributed by atoms with E-state index >= 15 is 0 Å². The average Bonchev–Trinajstić information content (AvgIpc) is 3.01. The molecule has 10 heteroatoms. The third-order valence-corrected chi connectivity index (χ3v) is 4.62. The van der Waals surface area contributed by atoms with E-state index in [1.807, 2.05) is 6.20 Å². The van der Waals surface area contributed by atoms with Crippen molar-refractivity contribution in [3.05, 3.63) is 11.1 Å². The maximum atomic E-state index is 12.0. The Labute approximate surface area is 152 Å². The standard InChI is InChI=1S/C13H21N5O2S.2ClH/c1-2-10-8-16-13(21-10)18-5-3-17(4-6-18)12(20)9-15-11(19)7-14;;/h8H,2-7,9,14H2,1H3,(H,15,19);2*1H. The molecule has 0 saturated carbocycles. The van der Waals surface area contributed by atoms with Gasteiger partial charge in [-0.15, -0.1) is 36.2 Å². The van der Waals surface area contributed by atoms with Gasteiger partial charge < -0.3 is 20.9 Å². The summed E-state index contributed by atoms with van der Waals surface area (Å²) in [5.74, 6) is -0.373. The molecule has 1 aromatic rings. The van der Waals surface area contributed by atoms with E-state index in [9.17, 15) is 9.59 Å². The second-order valence-electron chi connectivity index (χ2n) is 4.81. The lowest BCUT2D eigenvalue weighted by Gasteiger charge is -2.34. The molecule has 1 fully saturated rings. The molecule has 0 bridgehead atoms. The van der Waals surface area contributed by atoms with Crippen molar-refractivity contribution in [3.63, 3.8) is 0 Å². The van der Waals surface area contributed by atoms with E-state index < -0.39 is 0 Å². The number of carbonyl (C=O) groups is 2. The first kappa shape index (κ1) is 21.9. The monoisotopic (exact) mass is 383 g/mol. The highest BCUT2D eigenvalue weighted by atomic mass is 35.5. The predicted octanol–water partition coefficient (Wildman–Crippen LogP) is 0.273. The number of nitrogens with one attached hydrogen (secondary N) is 1. The summed E-state index contributed by atoms with van der Waals surface area (Å²) < 4.78 is 0. The first-order valence-electron chi connectivity index (χ1n) is 7.08. The Morgan fingerprint density at radius 3 is 2.48 bits per heavy atom.